The van der Waals surface area contributed by atoms with Crippen LogP contribution in [0.15, 0.2) is 14.3 Å². The van der Waals surface area contributed by atoms with E-state index in [2.05, 4.69) is 32.3 Å². The van der Waals surface area contributed by atoms with Gasteiger partial charge in [0.15, 0.2) is 10.0 Å². The number of aromatic nitrogens is 3. The lowest BCUT2D eigenvalue weighted by atomic mass is 10.3. The third-order valence-electron chi connectivity index (χ3n) is 2.93. The summed E-state index contributed by atoms with van der Waals surface area (Å²) < 4.78 is 10.1. The Balaban J connectivity index is 2.32. The molecule has 2 rings (SSSR count). The second-order valence-electron chi connectivity index (χ2n) is 4.61. The number of nitrogens with zero attached hydrogens (tertiary/aromatic N) is 3. The van der Waals surface area contributed by atoms with Gasteiger partial charge >= 0.3 is 11.9 Å². The Morgan fingerprint density at radius 1 is 1.17 bits per heavy atom. The average Bonchev–Trinajstić information content (AvgIpc) is 2.88. The van der Waals surface area contributed by atoms with Gasteiger partial charge in [-0.3, -0.25) is 4.79 Å². The minimum Gasteiger partial charge on any atom is -0.469 e. The SMILES string of the molecule is COC(=O)Cc1sc(Sc2nc(C)nc(C(=O)OC)c2S)nc1C. The highest BCUT2D eigenvalue weighted by Crippen LogP contribution is 2.36. The minimum atomic E-state index is -0.575. The largest absolute Gasteiger partial charge is 0.469 e. The third-order valence-corrected chi connectivity index (χ3v) is 5.71. The first kappa shape index (κ1) is 18.7. The number of thiol groups is 1. The third kappa shape index (κ3) is 4.25. The maximum absolute atomic E-state index is 11.8. The number of carbonyl (C=O) groups is 2. The molecule has 0 spiro atoms. The van der Waals surface area contributed by atoms with Crippen molar-refractivity contribution in [3.63, 3.8) is 0 Å². The topological polar surface area (TPSA) is 91.3 Å². The minimum absolute atomic E-state index is 0.110. The number of methoxy groups -OCH3 is 2. The second kappa shape index (κ2) is 7.95. The Bertz CT molecular complexity index is 792. The molecule has 0 aromatic carbocycles. The van der Waals surface area contributed by atoms with E-state index in [9.17, 15) is 9.59 Å². The number of esters is 2. The lowest BCUT2D eigenvalue weighted by Crippen LogP contribution is -2.09. The van der Waals surface area contributed by atoms with E-state index in [0.29, 0.717) is 20.1 Å². The highest BCUT2D eigenvalue weighted by atomic mass is 32.2. The van der Waals surface area contributed by atoms with Gasteiger partial charge in [0.2, 0.25) is 0 Å². The first-order valence-corrected chi connectivity index (χ1v) is 8.80. The van der Waals surface area contributed by atoms with Crippen molar-refractivity contribution in [2.75, 3.05) is 14.2 Å². The van der Waals surface area contributed by atoms with Gasteiger partial charge < -0.3 is 9.47 Å². The van der Waals surface area contributed by atoms with Crippen molar-refractivity contribution in [1.29, 1.82) is 0 Å². The molecule has 0 aliphatic rings. The summed E-state index contributed by atoms with van der Waals surface area (Å²) in [6, 6.07) is 0. The lowest BCUT2D eigenvalue weighted by Gasteiger charge is -2.07. The van der Waals surface area contributed by atoms with Crippen molar-refractivity contribution in [2.24, 2.45) is 0 Å². The van der Waals surface area contributed by atoms with Gasteiger partial charge in [-0.2, -0.15) is 0 Å². The number of carbonyl (C=O) groups excluding carboxylic acids is 2. The smallest absolute Gasteiger partial charge is 0.357 e. The van der Waals surface area contributed by atoms with Crippen LogP contribution >= 0.6 is 35.7 Å². The van der Waals surface area contributed by atoms with Gasteiger partial charge in [-0.25, -0.2) is 19.7 Å². The first-order valence-electron chi connectivity index (χ1n) is 6.72. The van der Waals surface area contributed by atoms with E-state index in [-0.39, 0.29) is 18.1 Å². The Morgan fingerprint density at radius 3 is 2.50 bits per heavy atom. The summed E-state index contributed by atoms with van der Waals surface area (Å²) in [5.74, 6) is -0.466. The highest BCUT2D eigenvalue weighted by molar-refractivity contribution is 8.01. The highest BCUT2D eigenvalue weighted by Gasteiger charge is 2.20. The zero-order valence-corrected chi connectivity index (χ0v) is 16.0. The summed E-state index contributed by atoms with van der Waals surface area (Å²) in [4.78, 5) is 37.1. The van der Waals surface area contributed by atoms with E-state index < -0.39 is 5.97 Å². The maximum Gasteiger partial charge on any atom is 0.357 e. The molecular formula is C14H15N3O4S3. The molecule has 24 heavy (non-hydrogen) atoms. The van der Waals surface area contributed by atoms with Gasteiger partial charge in [0, 0.05) is 4.88 Å². The number of hydrogen-bond acceptors (Lipinski definition) is 10. The number of thiazole rings is 1. The van der Waals surface area contributed by atoms with Crippen LogP contribution in [0.2, 0.25) is 0 Å². The van der Waals surface area contributed by atoms with Crippen LogP contribution in [0.5, 0.6) is 0 Å². The molecule has 7 nitrogen and oxygen atoms in total. The maximum atomic E-state index is 11.8. The van der Waals surface area contributed by atoms with Crippen molar-refractivity contribution in [2.45, 2.75) is 34.5 Å². The molecule has 128 valence electrons. The van der Waals surface area contributed by atoms with Crippen LogP contribution in [-0.2, 0) is 20.7 Å². The van der Waals surface area contributed by atoms with Crippen LogP contribution in [0, 0.1) is 13.8 Å². The van der Waals surface area contributed by atoms with Gasteiger partial charge in [0.25, 0.3) is 0 Å². The summed E-state index contributed by atoms with van der Waals surface area (Å²) in [6.45, 7) is 3.51. The standard InChI is InChI=1S/C14H15N3O4S3/c1-6-8(5-9(18)20-3)23-14(15-6)24-12-11(22)10(13(19)21-4)16-7(2)17-12/h22H,5H2,1-4H3. The molecular weight excluding hydrogens is 370 g/mol. The van der Waals surface area contributed by atoms with Crippen molar-refractivity contribution in [3.8, 4) is 0 Å². The van der Waals surface area contributed by atoms with Crippen LogP contribution in [0.1, 0.15) is 26.9 Å². The predicted octanol–water partition coefficient (Wildman–Crippen LogP) is 2.49. The van der Waals surface area contributed by atoms with Crippen LogP contribution < -0.4 is 0 Å². The van der Waals surface area contributed by atoms with Crippen molar-refractivity contribution in [3.05, 3.63) is 22.1 Å². The summed E-state index contributed by atoms with van der Waals surface area (Å²) in [6.07, 6.45) is 0.171. The molecule has 2 heterocycles. The normalized spacial score (nSPS) is 10.5. The summed E-state index contributed by atoms with van der Waals surface area (Å²) >= 11 is 6.97. The van der Waals surface area contributed by atoms with E-state index in [1.807, 2.05) is 6.92 Å². The molecule has 2 aromatic heterocycles. The molecule has 0 saturated carbocycles. The molecule has 0 atom stereocenters. The molecule has 0 aliphatic heterocycles. The Kier molecular flexibility index (Phi) is 6.19. The van der Waals surface area contributed by atoms with Gasteiger partial charge in [-0.05, 0) is 25.6 Å². The molecule has 0 amide bonds. The van der Waals surface area contributed by atoms with E-state index in [1.165, 1.54) is 37.3 Å². The van der Waals surface area contributed by atoms with Crippen LogP contribution in [-0.4, -0.2) is 41.1 Å². The zero-order valence-electron chi connectivity index (χ0n) is 13.4. The lowest BCUT2D eigenvalue weighted by molar-refractivity contribution is -0.139. The van der Waals surface area contributed by atoms with Crippen LogP contribution in [0.3, 0.4) is 0 Å². The number of aryl methyl sites for hydroxylation is 2. The Labute approximate surface area is 152 Å². The molecule has 0 fully saturated rings. The molecule has 0 unspecified atom stereocenters. The van der Waals surface area contributed by atoms with Crippen LogP contribution in [0.25, 0.3) is 0 Å². The van der Waals surface area contributed by atoms with Crippen molar-refractivity contribution >= 4 is 47.7 Å². The molecule has 2 aromatic rings. The number of ether oxygens (including phenoxy) is 2. The fourth-order valence-corrected chi connectivity index (χ4v) is 4.28. The monoisotopic (exact) mass is 385 g/mol. The van der Waals surface area contributed by atoms with E-state index in [0.717, 1.165) is 10.6 Å². The summed E-state index contributed by atoms with van der Waals surface area (Å²) in [5, 5.41) is 0.504. The first-order chi connectivity index (χ1) is 11.3. The van der Waals surface area contributed by atoms with Crippen molar-refractivity contribution < 1.29 is 19.1 Å². The molecule has 0 radical (unpaired) electrons. The number of rotatable bonds is 5. The number of hydrogen-bond donors (Lipinski definition) is 1. The molecule has 0 N–H and O–H groups in total. The predicted molar refractivity (Wildman–Crippen MR) is 92.1 cm³/mol. The Hall–Kier alpha value is -1.65. The Morgan fingerprint density at radius 2 is 1.88 bits per heavy atom. The molecule has 0 aliphatic carbocycles. The summed E-state index contributed by atoms with van der Waals surface area (Å²) in [7, 11) is 2.63. The van der Waals surface area contributed by atoms with E-state index >= 15 is 0 Å². The zero-order chi connectivity index (χ0) is 17.9. The average molecular weight is 385 g/mol. The van der Waals surface area contributed by atoms with Crippen LogP contribution in [0.4, 0.5) is 0 Å². The van der Waals surface area contributed by atoms with Gasteiger partial charge in [0.1, 0.15) is 10.9 Å². The van der Waals surface area contributed by atoms with Gasteiger partial charge in [-0.15, -0.1) is 24.0 Å². The van der Waals surface area contributed by atoms with Gasteiger partial charge in [-0.1, -0.05) is 0 Å². The van der Waals surface area contributed by atoms with E-state index in [4.69, 9.17) is 4.74 Å². The fourth-order valence-electron chi connectivity index (χ4n) is 1.75. The summed E-state index contributed by atoms with van der Waals surface area (Å²) in [5.41, 5.74) is 0.867. The molecule has 0 bridgehead atoms. The van der Waals surface area contributed by atoms with Crippen molar-refractivity contribution in [1.82, 2.24) is 15.0 Å². The fraction of sp³-hybridized carbons (Fsp3) is 0.357. The quantitative estimate of drug-likeness (QED) is 0.477. The second-order valence-corrected chi connectivity index (χ2v) is 7.37. The van der Waals surface area contributed by atoms with E-state index in [1.54, 1.807) is 6.92 Å². The molecule has 10 heteroatoms. The van der Waals surface area contributed by atoms with Gasteiger partial charge in [0.05, 0.1) is 31.2 Å². The molecule has 0 saturated heterocycles.